The first-order chi connectivity index (χ1) is 20.2. The van der Waals surface area contributed by atoms with Gasteiger partial charge in [-0.15, -0.1) is 0 Å². The summed E-state index contributed by atoms with van der Waals surface area (Å²) in [5.41, 5.74) is 1.44. The van der Waals surface area contributed by atoms with Crippen LogP contribution < -0.4 is 10.6 Å². The number of nitrogens with one attached hydrogen (secondary N) is 2. The Morgan fingerprint density at radius 1 is 1.05 bits per heavy atom. The Kier molecular flexibility index (Phi) is 10.3. The first-order valence-electron chi connectivity index (χ1n) is 14.5. The van der Waals surface area contributed by atoms with E-state index in [1.165, 1.54) is 18.2 Å². The van der Waals surface area contributed by atoms with Crippen LogP contribution in [0.5, 0.6) is 0 Å². The van der Waals surface area contributed by atoms with Gasteiger partial charge in [-0.25, -0.2) is 13.6 Å². The van der Waals surface area contributed by atoms with Gasteiger partial charge in [-0.2, -0.15) is 0 Å². The molecule has 0 aliphatic carbocycles. The molecule has 1 fully saturated rings. The molecule has 3 aromatic rings. The molecule has 4 N–H and O–H groups in total. The van der Waals surface area contributed by atoms with Crippen molar-refractivity contribution in [2.24, 2.45) is 5.92 Å². The van der Waals surface area contributed by atoms with Crippen molar-refractivity contribution in [3.8, 4) is 11.1 Å². The van der Waals surface area contributed by atoms with E-state index >= 15 is 4.39 Å². The maximum Gasteiger partial charge on any atom is 0.404 e. The van der Waals surface area contributed by atoms with Gasteiger partial charge in [0.1, 0.15) is 11.6 Å². The highest BCUT2D eigenvalue weighted by molar-refractivity contribution is 5.94. The summed E-state index contributed by atoms with van der Waals surface area (Å²) in [5, 5.41) is 26.9. The van der Waals surface area contributed by atoms with Gasteiger partial charge in [0.25, 0.3) is 5.91 Å². The number of nitrogens with zero attached hydrogens (tertiary/aromatic N) is 1. The second-order valence-electron chi connectivity index (χ2n) is 10.9. The van der Waals surface area contributed by atoms with E-state index in [1.54, 1.807) is 30.1 Å². The average Bonchev–Trinajstić information content (AvgIpc) is 2.99. The summed E-state index contributed by atoms with van der Waals surface area (Å²) < 4.78 is 30.6. The first kappa shape index (κ1) is 31.1. The molecule has 224 valence electrons. The molecule has 0 aromatic heterocycles. The highest BCUT2D eigenvalue weighted by Crippen LogP contribution is 2.44. The summed E-state index contributed by atoms with van der Waals surface area (Å²) in [4.78, 5) is 26.1. The molecule has 7 nitrogen and oxygen atoms in total. The molecule has 1 aliphatic rings. The van der Waals surface area contributed by atoms with Crippen molar-refractivity contribution in [3.63, 3.8) is 0 Å². The number of aryl methyl sites for hydroxylation is 1. The summed E-state index contributed by atoms with van der Waals surface area (Å²) in [6.07, 6.45) is 1.15. The number of carbonyl (C=O) groups excluding carboxylic acids is 1. The highest BCUT2D eigenvalue weighted by Gasteiger charge is 2.43. The fraction of sp³-hybridized carbons (Fsp3) is 0.394. The number of halogens is 2. The third kappa shape index (κ3) is 6.97. The third-order valence-corrected chi connectivity index (χ3v) is 8.14. The van der Waals surface area contributed by atoms with Gasteiger partial charge in [-0.3, -0.25) is 4.79 Å². The fourth-order valence-electron chi connectivity index (χ4n) is 6.00. The van der Waals surface area contributed by atoms with Crippen LogP contribution in [-0.4, -0.2) is 53.8 Å². The van der Waals surface area contributed by atoms with Gasteiger partial charge in [-0.05, 0) is 79.6 Å². The van der Waals surface area contributed by atoms with E-state index in [1.807, 2.05) is 31.2 Å². The molecule has 0 saturated carbocycles. The molecule has 4 rings (SSSR count). The van der Waals surface area contributed by atoms with Crippen LogP contribution >= 0.6 is 0 Å². The Bertz CT molecular complexity index is 1420. The number of carbonyl (C=O) groups is 2. The van der Waals surface area contributed by atoms with Crippen molar-refractivity contribution in [2.45, 2.75) is 51.2 Å². The van der Waals surface area contributed by atoms with E-state index in [0.29, 0.717) is 43.5 Å². The first-order valence-corrected chi connectivity index (χ1v) is 14.5. The number of amides is 2. The number of hydrogen-bond acceptors (Lipinski definition) is 4. The molecule has 2 atom stereocenters. The zero-order valence-electron chi connectivity index (χ0n) is 24.1. The number of benzene rings is 3. The Hall–Kier alpha value is -3.82. The van der Waals surface area contributed by atoms with E-state index in [2.05, 4.69) is 10.6 Å². The predicted octanol–water partition coefficient (Wildman–Crippen LogP) is 5.70. The number of rotatable bonds is 11. The monoisotopic (exact) mass is 579 g/mol. The molecular formula is C33H39F2N3O4. The SMILES string of the molecule is CCc1cccc(-c2c(F)cccc2C(O)(CCCNC(=O)O)C2CCCN(C(=O)c3ccc(CNC)cc3F)C2)c1. The van der Waals surface area contributed by atoms with Crippen LogP contribution in [0, 0.1) is 17.6 Å². The standard InChI is InChI=1S/C33H39F2N3O4/c1-3-22-8-4-9-24(18-22)30-27(11-5-12-28(30)34)33(42,15-7-16-37-32(40)41)25-10-6-17-38(21-25)31(39)26-14-13-23(20-36-2)19-29(26)35/h4-5,8-9,11-14,18-19,25,36-37,42H,3,6-7,10,15-17,20-21H2,1-2H3,(H,40,41). The van der Waals surface area contributed by atoms with E-state index in [0.717, 1.165) is 17.5 Å². The van der Waals surface area contributed by atoms with Crippen LogP contribution in [0.4, 0.5) is 13.6 Å². The lowest BCUT2D eigenvalue weighted by Crippen LogP contribution is -2.48. The molecule has 2 unspecified atom stereocenters. The minimum absolute atomic E-state index is 0.0347. The van der Waals surface area contributed by atoms with Crippen LogP contribution in [0.2, 0.25) is 0 Å². The van der Waals surface area contributed by atoms with Crippen LogP contribution in [-0.2, 0) is 18.6 Å². The minimum Gasteiger partial charge on any atom is -0.465 e. The van der Waals surface area contributed by atoms with Gasteiger partial charge in [0.15, 0.2) is 0 Å². The number of likely N-dealkylation sites (tertiary alicyclic amines) is 1. The summed E-state index contributed by atoms with van der Waals surface area (Å²) >= 11 is 0. The lowest BCUT2D eigenvalue weighted by Gasteiger charge is -2.43. The van der Waals surface area contributed by atoms with Gasteiger partial charge < -0.3 is 25.7 Å². The second-order valence-corrected chi connectivity index (χ2v) is 10.9. The Morgan fingerprint density at radius 2 is 1.83 bits per heavy atom. The number of hydrogen-bond donors (Lipinski definition) is 4. The van der Waals surface area contributed by atoms with Crippen LogP contribution in [0.1, 0.15) is 59.7 Å². The molecule has 9 heteroatoms. The second kappa shape index (κ2) is 13.9. The summed E-state index contributed by atoms with van der Waals surface area (Å²) in [6, 6.07) is 16.7. The van der Waals surface area contributed by atoms with Crippen molar-refractivity contribution in [2.75, 3.05) is 26.7 Å². The fourth-order valence-corrected chi connectivity index (χ4v) is 6.00. The number of piperidine rings is 1. The van der Waals surface area contributed by atoms with Gasteiger partial charge in [0.2, 0.25) is 0 Å². The largest absolute Gasteiger partial charge is 0.465 e. The molecule has 1 saturated heterocycles. The van der Waals surface area contributed by atoms with E-state index in [4.69, 9.17) is 5.11 Å². The maximum atomic E-state index is 15.6. The Morgan fingerprint density at radius 3 is 2.55 bits per heavy atom. The maximum absolute atomic E-state index is 15.6. The van der Waals surface area contributed by atoms with E-state index in [9.17, 15) is 19.1 Å². The molecule has 0 radical (unpaired) electrons. The molecule has 0 spiro atoms. The lowest BCUT2D eigenvalue weighted by molar-refractivity contribution is -0.0565. The third-order valence-electron chi connectivity index (χ3n) is 8.14. The van der Waals surface area contributed by atoms with Crippen LogP contribution in [0.3, 0.4) is 0 Å². The van der Waals surface area contributed by atoms with Crippen molar-refractivity contribution < 1.29 is 28.6 Å². The van der Waals surface area contributed by atoms with E-state index in [-0.39, 0.29) is 30.6 Å². The molecule has 3 aromatic carbocycles. The molecule has 2 amide bonds. The van der Waals surface area contributed by atoms with Crippen molar-refractivity contribution >= 4 is 12.0 Å². The van der Waals surface area contributed by atoms with Gasteiger partial charge in [0.05, 0.1) is 11.2 Å². The number of carboxylic acid groups (broad SMARTS) is 1. The predicted molar refractivity (Wildman–Crippen MR) is 158 cm³/mol. The van der Waals surface area contributed by atoms with Crippen molar-refractivity contribution in [1.29, 1.82) is 0 Å². The lowest BCUT2D eigenvalue weighted by atomic mass is 9.72. The minimum atomic E-state index is -1.59. The molecule has 42 heavy (non-hydrogen) atoms. The highest BCUT2D eigenvalue weighted by atomic mass is 19.1. The van der Waals surface area contributed by atoms with Gasteiger partial charge in [0, 0.05) is 37.7 Å². The molecule has 1 heterocycles. The Balaban J connectivity index is 1.71. The van der Waals surface area contributed by atoms with Crippen molar-refractivity contribution in [3.05, 3.63) is 94.6 Å². The average molecular weight is 580 g/mol. The van der Waals surface area contributed by atoms with Crippen molar-refractivity contribution in [1.82, 2.24) is 15.5 Å². The molecule has 1 aliphatic heterocycles. The topological polar surface area (TPSA) is 102 Å². The van der Waals surface area contributed by atoms with Crippen LogP contribution in [0.25, 0.3) is 11.1 Å². The normalized spacial score (nSPS) is 16.6. The van der Waals surface area contributed by atoms with Gasteiger partial charge in [-0.1, -0.05) is 49.4 Å². The molecule has 0 bridgehead atoms. The molecular weight excluding hydrogens is 540 g/mol. The summed E-state index contributed by atoms with van der Waals surface area (Å²) in [5.74, 6) is -2.04. The van der Waals surface area contributed by atoms with Crippen LogP contribution in [0.15, 0.2) is 60.7 Å². The summed E-state index contributed by atoms with van der Waals surface area (Å²) in [7, 11) is 1.76. The quantitative estimate of drug-likeness (QED) is 0.218. The zero-order chi connectivity index (χ0) is 30.3. The Labute approximate surface area is 245 Å². The smallest absolute Gasteiger partial charge is 0.404 e. The zero-order valence-corrected chi connectivity index (χ0v) is 24.1. The van der Waals surface area contributed by atoms with E-state index < -0.39 is 35.2 Å². The number of aliphatic hydroxyl groups is 1. The summed E-state index contributed by atoms with van der Waals surface area (Å²) in [6.45, 7) is 3.13. The van der Waals surface area contributed by atoms with Gasteiger partial charge >= 0.3 is 6.09 Å².